The Labute approximate surface area is 57.3 Å². The van der Waals surface area contributed by atoms with Crippen LogP contribution in [0.15, 0.2) is 24.8 Å². The molecule has 0 radical (unpaired) electrons. The van der Waals surface area contributed by atoms with Gasteiger partial charge in [0.2, 0.25) is 0 Å². The second-order valence-corrected chi connectivity index (χ2v) is 2.02. The number of nitrogen functional groups attached to an aromatic ring is 1. The molecule has 2 aromatic heterocycles. The number of aromatic nitrogens is 3. The molecule has 0 aliphatic rings. The lowest BCUT2D eigenvalue weighted by Gasteiger charge is -1.89. The van der Waals surface area contributed by atoms with Gasteiger partial charge >= 0.3 is 0 Å². The first kappa shape index (κ1) is 5.22. The van der Waals surface area contributed by atoms with Gasteiger partial charge in [0.1, 0.15) is 11.8 Å². The van der Waals surface area contributed by atoms with Crippen molar-refractivity contribution >= 4 is 11.0 Å². The molecule has 4 heteroatoms. The highest BCUT2D eigenvalue weighted by Gasteiger charge is 1.95. The van der Waals surface area contributed by atoms with Gasteiger partial charge in [0.15, 0.2) is 0 Å². The van der Waals surface area contributed by atoms with Gasteiger partial charge in [0, 0.05) is 6.20 Å². The normalized spacial score (nSPS) is 10.4. The quantitative estimate of drug-likeness (QED) is 0.521. The average molecular weight is 134 g/mol. The molecule has 0 aromatic carbocycles. The van der Waals surface area contributed by atoms with E-state index >= 15 is 0 Å². The van der Waals surface area contributed by atoms with Crippen LogP contribution >= 0.6 is 0 Å². The Morgan fingerprint density at radius 3 is 3.20 bits per heavy atom. The second-order valence-electron chi connectivity index (χ2n) is 2.02. The van der Waals surface area contributed by atoms with Gasteiger partial charge in [-0.3, -0.25) is 4.98 Å². The lowest BCUT2D eigenvalue weighted by molar-refractivity contribution is 1.04. The van der Waals surface area contributed by atoms with Crippen molar-refractivity contribution in [2.45, 2.75) is 0 Å². The zero-order valence-electron chi connectivity index (χ0n) is 5.23. The molecule has 10 heavy (non-hydrogen) atoms. The topological polar surface area (TPSA) is 56.7 Å². The number of hydrogen-bond acceptors (Lipinski definition) is 3. The fourth-order valence-corrected chi connectivity index (χ4v) is 0.883. The van der Waals surface area contributed by atoms with Crippen LogP contribution in [-0.2, 0) is 0 Å². The van der Waals surface area contributed by atoms with Crippen LogP contribution in [0.3, 0.4) is 0 Å². The molecular formula is C6H6N4. The van der Waals surface area contributed by atoms with Gasteiger partial charge in [-0.25, -0.2) is 9.66 Å². The van der Waals surface area contributed by atoms with Crippen molar-refractivity contribution in [3.05, 3.63) is 24.8 Å². The van der Waals surface area contributed by atoms with Gasteiger partial charge in [-0.2, -0.15) is 0 Å². The summed E-state index contributed by atoms with van der Waals surface area (Å²) in [7, 11) is 0. The van der Waals surface area contributed by atoms with Crippen LogP contribution in [0.2, 0.25) is 0 Å². The molecule has 0 atom stereocenters. The Morgan fingerprint density at radius 2 is 2.40 bits per heavy atom. The molecule has 0 spiro atoms. The van der Waals surface area contributed by atoms with Crippen molar-refractivity contribution in [1.29, 1.82) is 0 Å². The fourth-order valence-electron chi connectivity index (χ4n) is 0.883. The minimum Gasteiger partial charge on any atom is -0.338 e. The molecule has 2 rings (SSSR count). The molecule has 2 aromatic rings. The number of nitrogens with two attached hydrogens (primary N) is 1. The van der Waals surface area contributed by atoms with Crippen molar-refractivity contribution in [2.24, 2.45) is 0 Å². The number of hydrogen-bond donors (Lipinski definition) is 1. The maximum atomic E-state index is 5.50. The molecule has 0 aliphatic heterocycles. The summed E-state index contributed by atoms with van der Waals surface area (Å²) in [4.78, 5) is 7.89. The van der Waals surface area contributed by atoms with Crippen molar-refractivity contribution < 1.29 is 0 Å². The minimum absolute atomic E-state index is 0.824. The summed E-state index contributed by atoms with van der Waals surface area (Å²) in [6.07, 6.45) is 4.93. The Balaban J connectivity index is 2.93. The maximum absolute atomic E-state index is 5.50. The summed E-state index contributed by atoms with van der Waals surface area (Å²) in [5, 5.41) is 0. The van der Waals surface area contributed by atoms with E-state index < -0.39 is 0 Å². The highest BCUT2D eigenvalue weighted by atomic mass is 15.3. The molecule has 2 heterocycles. The van der Waals surface area contributed by atoms with Crippen molar-refractivity contribution in [2.75, 3.05) is 5.84 Å². The summed E-state index contributed by atoms with van der Waals surface area (Å²) in [5.41, 5.74) is 1.72. The molecule has 0 bridgehead atoms. The average Bonchev–Trinajstić information content (AvgIpc) is 2.34. The van der Waals surface area contributed by atoms with Crippen LogP contribution < -0.4 is 5.84 Å². The van der Waals surface area contributed by atoms with Crippen molar-refractivity contribution in [1.82, 2.24) is 14.6 Å². The summed E-state index contributed by atoms with van der Waals surface area (Å²) >= 11 is 0. The first-order valence-electron chi connectivity index (χ1n) is 2.90. The van der Waals surface area contributed by atoms with E-state index in [4.69, 9.17) is 5.84 Å². The first-order valence-corrected chi connectivity index (χ1v) is 2.90. The highest BCUT2D eigenvalue weighted by Crippen LogP contribution is 2.05. The van der Waals surface area contributed by atoms with Gasteiger partial charge in [-0.1, -0.05) is 0 Å². The number of imidazole rings is 1. The number of fused-ring (bicyclic) bond motifs is 1. The molecule has 0 saturated heterocycles. The Bertz CT molecular complexity index is 351. The van der Waals surface area contributed by atoms with E-state index in [0.29, 0.717) is 0 Å². The van der Waals surface area contributed by atoms with Crippen LogP contribution in [0, 0.1) is 0 Å². The third-order valence-electron chi connectivity index (χ3n) is 1.38. The van der Waals surface area contributed by atoms with Crippen LogP contribution in [0.1, 0.15) is 0 Å². The van der Waals surface area contributed by atoms with E-state index in [-0.39, 0.29) is 0 Å². The van der Waals surface area contributed by atoms with Crippen LogP contribution in [-0.4, -0.2) is 14.6 Å². The van der Waals surface area contributed by atoms with E-state index in [1.54, 1.807) is 18.7 Å². The zero-order chi connectivity index (χ0) is 6.97. The van der Waals surface area contributed by atoms with E-state index in [2.05, 4.69) is 9.97 Å². The molecule has 0 aliphatic carbocycles. The number of rotatable bonds is 0. The zero-order valence-corrected chi connectivity index (χ0v) is 5.23. The molecule has 0 amide bonds. The van der Waals surface area contributed by atoms with Gasteiger partial charge in [0.25, 0.3) is 0 Å². The summed E-state index contributed by atoms with van der Waals surface area (Å²) in [6.45, 7) is 0. The second kappa shape index (κ2) is 1.70. The largest absolute Gasteiger partial charge is 0.338 e. The SMILES string of the molecule is Nn1cnc2cnccc21. The number of pyridine rings is 1. The lowest BCUT2D eigenvalue weighted by atomic mass is 10.4. The number of nitrogens with zero attached hydrogens (tertiary/aromatic N) is 3. The maximum Gasteiger partial charge on any atom is 0.115 e. The van der Waals surface area contributed by atoms with E-state index in [9.17, 15) is 0 Å². The molecule has 0 saturated carbocycles. The standard InChI is InChI=1S/C6H6N4/c7-10-4-9-5-3-8-2-1-6(5)10/h1-4H,7H2. The third kappa shape index (κ3) is 0.556. The predicted molar refractivity (Wildman–Crippen MR) is 37.7 cm³/mol. The van der Waals surface area contributed by atoms with Gasteiger partial charge < -0.3 is 5.84 Å². The third-order valence-corrected chi connectivity index (χ3v) is 1.38. The lowest BCUT2D eigenvalue weighted by Crippen LogP contribution is -2.04. The molecule has 0 fully saturated rings. The molecule has 50 valence electrons. The summed E-state index contributed by atoms with van der Waals surface area (Å²) in [6, 6.07) is 1.82. The van der Waals surface area contributed by atoms with Gasteiger partial charge in [-0.15, -0.1) is 0 Å². The Kier molecular flexibility index (Phi) is 0.887. The summed E-state index contributed by atoms with van der Waals surface area (Å²) < 4.78 is 1.47. The van der Waals surface area contributed by atoms with Gasteiger partial charge in [0.05, 0.1) is 11.7 Å². The van der Waals surface area contributed by atoms with E-state index in [1.165, 1.54) is 4.68 Å². The fraction of sp³-hybridized carbons (Fsp3) is 0. The predicted octanol–water partition coefficient (Wildman–Crippen LogP) is 0.145. The molecule has 0 unspecified atom stereocenters. The van der Waals surface area contributed by atoms with E-state index in [1.807, 2.05) is 6.07 Å². The smallest absolute Gasteiger partial charge is 0.115 e. The van der Waals surface area contributed by atoms with Crippen LogP contribution in [0.25, 0.3) is 11.0 Å². The molecule has 4 nitrogen and oxygen atoms in total. The van der Waals surface area contributed by atoms with Crippen molar-refractivity contribution in [3.8, 4) is 0 Å². The summed E-state index contributed by atoms with van der Waals surface area (Å²) in [5.74, 6) is 5.50. The first-order chi connectivity index (χ1) is 4.88. The van der Waals surface area contributed by atoms with Crippen LogP contribution in [0.4, 0.5) is 0 Å². The van der Waals surface area contributed by atoms with Crippen molar-refractivity contribution in [3.63, 3.8) is 0 Å². The van der Waals surface area contributed by atoms with Crippen LogP contribution in [0.5, 0.6) is 0 Å². The monoisotopic (exact) mass is 134 g/mol. The van der Waals surface area contributed by atoms with Gasteiger partial charge in [-0.05, 0) is 6.07 Å². The minimum atomic E-state index is 0.824. The van der Waals surface area contributed by atoms with E-state index in [0.717, 1.165) is 11.0 Å². The Morgan fingerprint density at radius 1 is 1.50 bits per heavy atom. The Hall–Kier alpha value is -1.58. The highest BCUT2D eigenvalue weighted by molar-refractivity contribution is 5.73. The molecule has 2 N–H and O–H groups in total. The molecular weight excluding hydrogens is 128 g/mol.